The number of hydrogen-bond acceptors (Lipinski definition) is 1. The van der Waals surface area contributed by atoms with Crippen molar-refractivity contribution in [3.63, 3.8) is 0 Å². The Hall–Kier alpha value is -3.20. The lowest BCUT2D eigenvalue weighted by molar-refractivity contribution is 0.512. The second-order valence-electron chi connectivity index (χ2n) is 11.3. The van der Waals surface area contributed by atoms with E-state index in [1.54, 1.807) is 0 Å². The molecule has 182 valence electrons. The molecule has 0 amide bonds. The lowest BCUT2D eigenvalue weighted by Gasteiger charge is -2.46. The molecule has 1 nitrogen and oxygen atoms in total. The average Bonchev–Trinajstić information content (AvgIpc) is 3.19. The van der Waals surface area contributed by atoms with Crippen molar-refractivity contribution >= 4 is 24.7 Å². The Morgan fingerprint density at radius 1 is 0.639 bits per heavy atom. The maximum atomic E-state index is 4.35. The van der Waals surface area contributed by atoms with Gasteiger partial charge in [0.05, 0.1) is 0 Å². The van der Waals surface area contributed by atoms with Gasteiger partial charge in [-0.05, 0) is 74.2 Å². The lowest BCUT2D eigenvalue weighted by atomic mass is 9.97. The molecule has 1 unspecified atom stereocenters. The first kappa shape index (κ1) is 24.5. The zero-order valence-corrected chi connectivity index (χ0v) is 23.4. The third-order valence-corrected chi connectivity index (χ3v) is 13.1. The van der Waals surface area contributed by atoms with E-state index in [1.807, 2.05) is 0 Å². The molecule has 0 bridgehead atoms. The molecule has 2 heteroatoms. The van der Waals surface area contributed by atoms with Crippen LogP contribution in [0.1, 0.15) is 55.5 Å². The van der Waals surface area contributed by atoms with E-state index in [9.17, 15) is 0 Å². The summed E-state index contributed by atoms with van der Waals surface area (Å²) in [4.78, 5) is 4.35. The van der Waals surface area contributed by atoms with E-state index in [1.165, 1.54) is 49.3 Å². The van der Waals surface area contributed by atoms with Gasteiger partial charge in [0.15, 0.2) is 0 Å². The van der Waals surface area contributed by atoms with E-state index in [-0.39, 0.29) is 11.1 Å². The Morgan fingerprint density at radius 3 is 1.75 bits per heavy atom. The number of benzene rings is 4. The second-order valence-corrected chi connectivity index (χ2v) is 14.8. The fourth-order valence-electron chi connectivity index (χ4n) is 6.28. The minimum Gasteiger partial charge on any atom is -0.325 e. The molecule has 0 radical (unpaired) electrons. The maximum Gasteiger partial charge on any atom is 0.202 e. The molecule has 1 aliphatic carbocycles. The fraction of sp³-hybridized carbons (Fsp3) is 0.235. The number of hydrogen-bond donors (Lipinski definition) is 1. The molecule has 0 saturated carbocycles. The maximum absolute atomic E-state index is 4.35. The van der Waals surface area contributed by atoms with E-state index in [0.29, 0.717) is 0 Å². The Balaban J connectivity index is 1.86. The van der Waals surface area contributed by atoms with Crippen LogP contribution >= 0.6 is 0 Å². The quantitative estimate of drug-likeness (QED) is 0.295. The summed E-state index contributed by atoms with van der Waals surface area (Å²) in [6.45, 7) is 13.9. The molecule has 5 rings (SSSR count). The molecule has 1 N–H and O–H groups in total. The van der Waals surface area contributed by atoms with Crippen molar-refractivity contribution in [3.8, 4) is 11.1 Å². The molecule has 0 aliphatic heterocycles. The number of allylic oxidation sites excluding steroid dienone is 1. The van der Waals surface area contributed by atoms with Crippen LogP contribution in [0.5, 0.6) is 0 Å². The molecule has 0 spiro atoms. The minimum atomic E-state index is -2.60. The van der Waals surface area contributed by atoms with Gasteiger partial charge in [-0.15, -0.1) is 0 Å². The summed E-state index contributed by atoms with van der Waals surface area (Å²) >= 11 is 0. The average molecular weight is 488 g/mol. The Kier molecular flexibility index (Phi) is 6.36. The third-order valence-electron chi connectivity index (χ3n) is 7.51. The highest BCUT2D eigenvalue weighted by Gasteiger charge is 2.52. The highest BCUT2D eigenvalue weighted by atomic mass is 28.3. The van der Waals surface area contributed by atoms with Gasteiger partial charge in [0.25, 0.3) is 0 Å². The van der Waals surface area contributed by atoms with E-state index in [4.69, 9.17) is 0 Å². The van der Waals surface area contributed by atoms with Crippen molar-refractivity contribution in [3.05, 3.63) is 125 Å². The van der Waals surface area contributed by atoms with Crippen LogP contribution in [-0.4, -0.2) is 13.8 Å². The molecule has 4 aromatic rings. The van der Waals surface area contributed by atoms with Gasteiger partial charge >= 0.3 is 0 Å². The van der Waals surface area contributed by atoms with Crippen LogP contribution in [0.2, 0.25) is 0 Å². The Morgan fingerprint density at radius 2 is 1.19 bits per heavy atom. The summed E-state index contributed by atoms with van der Waals surface area (Å²) in [6, 6.07) is 35.9. The fourth-order valence-corrected chi connectivity index (χ4v) is 12.4. The highest BCUT2D eigenvalue weighted by Crippen LogP contribution is 2.45. The van der Waals surface area contributed by atoms with Crippen molar-refractivity contribution < 1.29 is 0 Å². The highest BCUT2D eigenvalue weighted by molar-refractivity contribution is 7.02. The van der Waals surface area contributed by atoms with Crippen molar-refractivity contribution in [2.75, 3.05) is 0 Å². The summed E-state index contributed by atoms with van der Waals surface area (Å²) in [5.41, 5.74) is 9.83. The van der Waals surface area contributed by atoms with Gasteiger partial charge in [0.2, 0.25) is 8.24 Å². The Bertz CT molecular complexity index is 1380. The van der Waals surface area contributed by atoms with E-state index in [2.05, 4.69) is 150 Å². The van der Waals surface area contributed by atoms with Crippen LogP contribution in [0.15, 0.2) is 103 Å². The monoisotopic (exact) mass is 487 g/mol. The predicted molar refractivity (Wildman–Crippen MR) is 159 cm³/mol. The summed E-state index contributed by atoms with van der Waals surface area (Å²) in [5, 5.41) is 2.95. The minimum absolute atomic E-state index is 0.0587. The van der Waals surface area contributed by atoms with Crippen molar-refractivity contribution in [2.45, 2.75) is 52.6 Å². The number of aryl methyl sites for hydroxylation is 2. The second kappa shape index (κ2) is 9.35. The van der Waals surface area contributed by atoms with Gasteiger partial charge in [0.1, 0.15) is 0 Å². The molecular formula is C34H37NSi. The zero-order valence-electron chi connectivity index (χ0n) is 22.4. The number of rotatable bonds is 5. The van der Waals surface area contributed by atoms with Gasteiger partial charge in [-0.1, -0.05) is 120 Å². The molecule has 0 aromatic heterocycles. The normalized spacial score (nSPS) is 15.5. The number of fused-ring (bicyclic) bond motifs is 1. The van der Waals surface area contributed by atoms with Crippen LogP contribution in [0, 0.1) is 13.8 Å². The molecule has 0 fully saturated rings. The summed E-state index contributed by atoms with van der Waals surface area (Å²) in [6.07, 6.45) is 2.46. The van der Waals surface area contributed by atoms with Crippen LogP contribution < -0.4 is 15.4 Å². The van der Waals surface area contributed by atoms with Gasteiger partial charge < -0.3 is 4.98 Å². The molecule has 0 heterocycles. The van der Waals surface area contributed by atoms with Crippen LogP contribution in [-0.2, 0) is 0 Å². The summed E-state index contributed by atoms with van der Waals surface area (Å²) < 4.78 is 0. The number of nitrogens with one attached hydrogen (secondary N) is 1. The van der Waals surface area contributed by atoms with Gasteiger partial charge in [-0.25, -0.2) is 0 Å². The van der Waals surface area contributed by atoms with Crippen molar-refractivity contribution in [1.29, 1.82) is 0 Å². The third kappa shape index (κ3) is 4.19. The topological polar surface area (TPSA) is 12.0 Å². The van der Waals surface area contributed by atoms with Crippen molar-refractivity contribution in [1.82, 2.24) is 4.98 Å². The first-order valence-electron chi connectivity index (χ1n) is 13.0. The summed E-state index contributed by atoms with van der Waals surface area (Å²) in [5.74, 6) is 0. The smallest absolute Gasteiger partial charge is 0.202 e. The first-order chi connectivity index (χ1) is 17.2. The predicted octanol–water partition coefficient (Wildman–Crippen LogP) is 7.16. The van der Waals surface area contributed by atoms with E-state index in [0.717, 1.165) is 0 Å². The molecule has 1 aliphatic rings. The van der Waals surface area contributed by atoms with Gasteiger partial charge in [-0.3, -0.25) is 0 Å². The SMILES string of the molecule is CC1=Cc2c(-c3ccccc3)cccc2C1[Si](NC(C)(C)C)(c1ccccc1C)c1ccccc1C. The van der Waals surface area contributed by atoms with Gasteiger partial charge in [-0.2, -0.15) is 0 Å². The van der Waals surface area contributed by atoms with Gasteiger partial charge in [0, 0.05) is 11.1 Å². The molecule has 4 aromatic carbocycles. The van der Waals surface area contributed by atoms with Crippen LogP contribution in [0.3, 0.4) is 0 Å². The molecule has 36 heavy (non-hydrogen) atoms. The molecule has 0 saturated heterocycles. The van der Waals surface area contributed by atoms with Crippen molar-refractivity contribution in [2.24, 2.45) is 0 Å². The first-order valence-corrected chi connectivity index (χ1v) is 15.1. The van der Waals surface area contributed by atoms with Crippen LogP contribution in [0.25, 0.3) is 17.2 Å². The lowest BCUT2D eigenvalue weighted by Crippen LogP contribution is -2.77. The summed E-state index contributed by atoms with van der Waals surface area (Å²) in [7, 11) is -2.60. The van der Waals surface area contributed by atoms with E-state index < -0.39 is 8.24 Å². The molecule has 1 atom stereocenters. The zero-order chi connectivity index (χ0) is 25.5. The standard InChI is InChI=1S/C34H37NSi/c1-24-15-10-12-21-31(24)36(35-34(4,5)6,32-22-13-11-16-25(32)2)33-26(3)23-30-28(19-14-20-29(30)33)27-17-8-7-9-18-27/h7-23,33,35H,1-6H3. The van der Waals surface area contributed by atoms with Crippen LogP contribution in [0.4, 0.5) is 0 Å². The van der Waals surface area contributed by atoms with E-state index >= 15 is 0 Å². The molecular weight excluding hydrogens is 450 g/mol. The largest absolute Gasteiger partial charge is 0.325 e. The Labute approximate surface area is 218 Å².